The van der Waals surface area contributed by atoms with Crippen LogP contribution in [0.15, 0.2) is 36.4 Å². The van der Waals surface area contributed by atoms with Crippen molar-refractivity contribution in [3.63, 3.8) is 0 Å². The minimum Gasteiger partial charge on any atom is -0.494 e. The van der Waals surface area contributed by atoms with Crippen molar-refractivity contribution in [2.45, 2.75) is 0 Å². The highest BCUT2D eigenvalue weighted by molar-refractivity contribution is 6.37. The van der Waals surface area contributed by atoms with Gasteiger partial charge in [-0.2, -0.15) is 0 Å². The van der Waals surface area contributed by atoms with Crippen LogP contribution in [0.2, 0.25) is 15.1 Å². The van der Waals surface area contributed by atoms with Crippen molar-refractivity contribution in [1.82, 2.24) is 0 Å². The minimum absolute atomic E-state index is 0.232. The van der Waals surface area contributed by atoms with Crippen LogP contribution in [0.3, 0.4) is 0 Å². The Morgan fingerprint density at radius 3 is 2.05 bits per heavy atom. The van der Waals surface area contributed by atoms with E-state index >= 15 is 0 Å². The largest absolute Gasteiger partial charge is 0.494 e. The summed E-state index contributed by atoms with van der Waals surface area (Å²) in [5, 5.41) is 1.03. The molecule has 0 amide bonds. The first-order valence-electron chi connectivity index (χ1n) is 5.52. The van der Waals surface area contributed by atoms with Gasteiger partial charge in [-0.1, -0.05) is 34.8 Å². The SMILES string of the molecule is COc1c(Cl)cc(C(=O)Oc2ccc(Cl)cc2)cc1Cl. The Bertz CT molecular complexity index is 616. The monoisotopic (exact) mass is 330 g/mol. The number of carbonyl (C=O) groups is 1. The number of rotatable bonds is 3. The molecule has 0 fully saturated rings. The van der Waals surface area contributed by atoms with Crippen molar-refractivity contribution < 1.29 is 14.3 Å². The van der Waals surface area contributed by atoms with Crippen LogP contribution in [0.5, 0.6) is 11.5 Å². The number of hydrogen-bond donors (Lipinski definition) is 0. The van der Waals surface area contributed by atoms with Gasteiger partial charge >= 0.3 is 5.97 Å². The number of ether oxygens (including phenoxy) is 2. The molecule has 0 heterocycles. The summed E-state index contributed by atoms with van der Waals surface area (Å²) in [7, 11) is 1.44. The summed E-state index contributed by atoms with van der Waals surface area (Å²) in [5.74, 6) is 0.123. The van der Waals surface area contributed by atoms with Gasteiger partial charge in [-0.25, -0.2) is 4.79 Å². The average Bonchev–Trinajstić information content (AvgIpc) is 2.41. The molecular formula is C14H9Cl3O3. The Hall–Kier alpha value is -1.42. The summed E-state index contributed by atoms with van der Waals surface area (Å²) in [5.41, 5.74) is 0.232. The molecule has 0 unspecified atom stereocenters. The molecule has 0 aliphatic carbocycles. The van der Waals surface area contributed by atoms with E-state index in [1.54, 1.807) is 24.3 Å². The summed E-state index contributed by atoms with van der Waals surface area (Å²) in [6.07, 6.45) is 0. The lowest BCUT2D eigenvalue weighted by molar-refractivity contribution is 0.0734. The van der Waals surface area contributed by atoms with Crippen molar-refractivity contribution in [2.24, 2.45) is 0 Å². The molecule has 0 saturated heterocycles. The molecule has 0 atom stereocenters. The molecule has 20 heavy (non-hydrogen) atoms. The molecule has 0 aromatic heterocycles. The standard InChI is InChI=1S/C14H9Cl3O3/c1-19-13-11(16)6-8(7-12(13)17)14(18)20-10-4-2-9(15)3-5-10/h2-7H,1H3. The van der Waals surface area contributed by atoms with Crippen molar-refractivity contribution >= 4 is 40.8 Å². The van der Waals surface area contributed by atoms with Gasteiger partial charge in [-0.3, -0.25) is 0 Å². The first-order valence-corrected chi connectivity index (χ1v) is 6.65. The van der Waals surface area contributed by atoms with E-state index in [0.29, 0.717) is 16.5 Å². The van der Waals surface area contributed by atoms with Gasteiger partial charge in [0.05, 0.1) is 22.7 Å². The Labute approximate surface area is 131 Å². The number of benzene rings is 2. The number of carbonyl (C=O) groups excluding carboxylic acids is 1. The fourth-order valence-corrected chi connectivity index (χ4v) is 2.31. The zero-order chi connectivity index (χ0) is 14.7. The molecule has 2 aromatic rings. The Morgan fingerprint density at radius 1 is 1.00 bits per heavy atom. The van der Waals surface area contributed by atoms with E-state index in [-0.39, 0.29) is 15.6 Å². The van der Waals surface area contributed by atoms with Gasteiger partial charge in [-0.15, -0.1) is 0 Å². The van der Waals surface area contributed by atoms with Crippen LogP contribution in [0.25, 0.3) is 0 Å². The second-order valence-electron chi connectivity index (χ2n) is 3.82. The molecule has 0 radical (unpaired) electrons. The van der Waals surface area contributed by atoms with Gasteiger partial charge in [0, 0.05) is 5.02 Å². The highest BCUT2D eigenvalue weighted by Gasteiger charge is 2.15. The van der Waals surface area contributed by atoms with Gasteiger partial charge in [0.15, 0.2) is 5.75 Å². The van der Waals surface area contributed by atoms with E-state index in [0.717, 1.165) is 0 Å². The summed E-state index contributed by atoms with van der Waals surface area (Å²) in [6.45, 7) is 0. The van der Waals surface area contributed by atoms with Crippen LogP contribution in [0.4, 0.5) is 0 Å². The van der Waals surface area contributed by atoms with E-state index < -0.39 is 5.97 Å². The Balaban J connectivity index is 2.23. The topological polar surface area (TPSA) is 35.5 Å². The highest BCUT2D eigenvalue weighted by atomic mass is 35.5. The number of esters is 1. The smallest absolute Gasteiger partial charge is 0.343 e. The first-order chi connectivity index (χ1) is 9.51. The molecule has 3 nitrogen and oxygen atoms in total. The second kappa shape index (κ2) is 6.35. The summed E-state index contributed by atoms with van der Waals surface area (Å²) in [4.78, 5) is 12.0. The van der Waals surface area contributed by atoms with Crippen LogP contribution in [0, 0.1) is 0 Å². The van der Waals surface area contributed by atoms with Crippen molar-refractivity contribution in [1.29, 1.82) is 0 Å². The second-order valence-corrected chi connectivity index (χ2v) is 5.07. The number of hydrogen-bond acceptors (Lipinski definition) is 3. The summed E-state index contributed by atoms with van der Waals surface area (Å²) >= 11 is 17.7. The maximum absolute atomic E-state index is 12.0. The summed E-state index contributed by atoms with van der Waals surface area (Å²) in [6, 6.07) is 9.30. The van der Waals surface area contributed by atoms with E-state index in [9.17, 15) is 4.79 Å². The number of halogens is 3. The molecule has 0 aliphatic rings. The quantitative estimate of drug-likeness (QED) is 0.594. The fraction of sp³-hybridized carbons (Fsp3) is 0.0714. The Morgan fingerprint density at radius 2 is 1.55 bits per heavy atom. The van der Waals surface area contributed by atoms with Crippen LogP contribution >= 0.6 is 34.8 Å². The third-order valence-corrected chi connectivity index (χ3v) is 3.28. The maximum atomic E-state index is 12.0. The minimum atomic E-state index is -0.571. The van der Waals surface area contributed by atoms with Gasteiger partial charge in [0.25, 0.3) is 0 Å². The maximum Gasteiger partial charge on any atom is 0.343 e. The Kier molecular flexibility index (Phi) is 4.76. The van der Waals surface area contributed by atoms with Crippen LogP contribution in [0.1, 0.15) is 10.4 Å². The predicted molar refractivity (Wildman–Crippen MR) is 79.4 cm³/mol. The van der Waals surface area contributed by atoms with E-state index in [2.05, 4.69) is 0 Å². The zero-order valence-corrected chi connectivity index (χ0v) is 12.6. The van der Waals surface area contributed by atoms with Crippen LogP contribution in [-0.4, -0.2) is 13.1 Å². The van der Waals surface area contributed by atoms with Crippen molar-refractivity contribution in [3.05, 3.63) is 57.0 Å². The average molecular weight is 332 g/mol. The molecule has 104 valence electrons. The third kappa shape index (κ3) is 3.37. The van der Waals surface area contributed by atoms with Crippen LogP contribution < -0.4 is 9.47 Å². The van der Waals surface area contributed by atoms with Crippen LogP contribution in [-0.2, 0) is 0 Å². The van der Waals surface area contributed by atoms with Gasteiger partial charge in [0.1, 0.15) is 5.75 Å². The van der Waals surface area contributed by atoms with Gasteiger partial charge in [-0.05, 0) is 36.4 Å². The molecule has 0 spiro atoms. The molecule has 2 rings (SSSR count). The van der Waals surface area contributed by atoms with E-state index in [1.165, 1.54) is 19.2 Å². The van der Waals surface area contributed by atoms with Gasteiger partial charge in [0.2, 0.25) is 0 Å². The highest BCUT2D eigenvalue weighted by Crippen LogP contribution is 2.34. The molecule has 0 saturated carbocycles. The van der Waals surface area contributed by atoms with Gasteiger partial charge < -0.3 is 9.47 Å². The first kappa shape index (κ1) is 15.0. The number of methoxy groups -OCH3 is 1. The zero-order valence-electron chi connectivity index (χ0n) is 10.3. The molecule has 0 bridgehead atoms. The predicted octanol–water partition coefficient (Wildman–Crippen LogP) is 4.87. The molecule has 0 N–H and O–H groups in total. The molecule has 2 aromatic carbocycles. The van der Waals surface area contributed by atoms with E-state index in [4.69, 9.17) is 44.3 Å². The fourth-order valence-electron chi connectivity index (χ4n) is 1.54. The lowest BCUT2D eigenvalue weighted by Crippen LogP contribution is -2.08. The van der Waals surface area contributed by atoms with Crippen molar-refractivity contribution in [3.8, 4) is 11.5 Å². The van der Waals surface area contributed by atoms with Crippen molar-refractivity contribution in [2.75, 3.05) is 7.11 Å². The molecule has 0 aliphatic heterocycles. The lowest BCUT2D eigenvalue weighted by atomic mass is 10.2. The normalized spacial score (nSPS) is 10.2. The molecular weight excluding hydrogens is 323 g/mol. The van der Waals surface area contributed by atoms with E-state index in [1.807, 2.05) is 0 Å². The molecule has 6 heteroatoms. The third-order valence-electron chi connectivity index (χ3n) is 2.46. The summed E-state index contributed by atoms with van der Waals surface area (Å²) < 4.78 is 10.2. The lowest BCUT2D eigenvalue weighted by Gasteiger charge is -2.09.